The standard InChI is InChI=1S/C27H9F3N8/c1-31-23-24(32-2)38-26-25(37-23)35-20-15-8-7-14(12-3-5-13(6-4-12)27(28,29)30)16-11-17-21(34-10-9-33-17)19(18(15)16)22(20)36-26/h3-11H. The molecule has 3 aromatic heterocycles. The van der Waals surface area contributed by atoms with E-state index >= 15 is 0 Å². The lowest BCUT2D eigenvalue weighted by Crippen LogP contribution is -2.04. The molecule has 0 saturated carbocycles. The fourth-order valence-corrected chi connectivity index (χ4v) is 4.84. The van der Waals surface area contributed by atoms with Crippen molar-refractivity contribution in [3.63, 3.8) is 0 Å². The molecule has 1 aliphatic carbocycles. The highest BCUT2D eigenvalue weighted by molar-refractivity contribution is 6.24. The fourth-order valence-electron chi connectivity index (χ4n) is 4.84. The zero-order valence-corrected chi connectivity index (χ0v) is 18.9. The Morgan fingerprint density at radius 1 is 0.711 bits per heavy atom. The molecule has 0 spiro atoms. The smallest absolute Gasteiger partial charge is 0.370 e. The Kier molecular flexibility index (Phi) is 4.27. The van der Waals surface area contributed by atoms with Crippen LogP contribution in [0.2, 0.25) is 0 Å². The van der Waals surface area contributed by atoms with Crippen LogP contribution >= 0.6 is 0 Å². The van der Waals surface area contributed by atoms with Gasteiger partial charge in [0.2, 0.25) is 0 Å². The van der Waals surface area contributed by atoms with Crippen LogP contribution in [0.5, 0.6) is 0 Å². The number of benzene rings is 3. The van der Waals surface area contributed by atoms with E-state index in [1.165, 1.54) is 12.1 Å². The first-order valence-electron chi connectivity index (χ1n) is 11.1. The molecular formula is C27H9F3N8. The molecule has 0 fully saturated rings. The van der Waals surface area contributed by atoms with E-state index in [9.17, 15) is 13.2 Å². The first-order valence-corrected chi connectivity index (χ1v) is 11.1. The van der Waals surface area contributed by atoms with Gasteiger partial charge in [0.1, 0.15) is 11.4 Å². The highest BCUT2D eigenvalue weighted by Gasteiger charge is 2.32. The summed E-state index contributed by atoms with van der Waals surface area (Å²) < 4.78 is 39.5. The maximum Gasteiger partial charge on any atom is 0.416 e. The maximum absolute atomic E-state index is 13.2. The number of halogens is 3. The highest BCUT2D eigenvalue weighted by Crippen LogP contribution is 2.50. The van der Waals surface area contributed by atoms with Crippen LogP contribution in [0.25, 0.3) is 76.4 Å². The van der Waals surface area contributed by atoms with E-state index in [0.29, 0.717) is 39.1 Å². The van der Waals surface area contributed by atoms with Crippen LogP contribution < -0.4 is 0 Å². The third kappa shape index (κ3) is 2.96. The summed E-state index contributed by atoms with van der Waals surface area (Å²) in [6, 6.07) is 10.5. The van der Waals surface area contributed by atoms with Gasteiger partial charge in [-0.15, -0.1) is 9.97 Å². The minimum atomic E-state index is -4.43. The second-order valence-electron chi connectivity index (χ2n) is 8.50. The molecule has 3 aromatic carbocycles. The zero-order valence-electron chi connectivity index (χ0n) is 18.9. The molecule has 0 atom stereocenters. The number of hydrogen-bond donors (Lipinski definition) is 0. The maximum atomic E-state index is 13.2. The summed E-state index contributed by atoms with van der Waals surface area (Å²) in [5.41, 5.74) is 4.39. The van der Waals surface area contributed by atoms with E-state index in [-0.39, 0.29) is 22.9 Å². The lowest BCUT2D eigenvalue weighted by molar-refractivity contribution is -0.137. The number of hydrogen-bond acceptors (Lipinski definition) is 6. The van der Waals surface area contributed by atoms with E-state index < -0.39 is 11.7 Å². The van der Waals surface area contributed by atoms with Crippen LogP contribution in [-0.4, -0.2) is 29.9 Å². The van der Waals surface area contributed by atoms with Crippen molar-refractivity contribution < 1.29 is 13.2 Å². The van der Waals surface area contributed by atoms with Crippen molar-refractivity contribution in [2.24, 2.45) is 0 Å². The Morgan fingerprint density at radius 2 is 1.34 bits per heavy atom. The molecule has 0 N–H and O–H groups in total. The van der Waals surface area contributed by atoms with Crippen LogP contribution in [0, 0.1) is 13.1 Å². The number of alkyl halides is 3. The number of nitrogens with zero attached hydrogens (tertiary/aromatic N) is 8. The second-order valence-corrected chi connectivity index (χ2v) is 8.50. The first kappa shape index (κ1) is 21.7. The minimum Gasteiger partial charge on any atom is -0.370 e. The Morgan fingerprint density at radius 3 is 2.00 bits per heavy atom. The van der Waals surface area contributed by atoms with Gasteiger partial charge in [-0.2, -0.15) is 23.1 Å². The van der Waals surface area contributed by atoms with Crippen molar-refractivity contribution in [2.45, 2.75) is 6.18 Å². The summed E-state index contributed by atoms with van der Waals surface area (Å²) in [7, 11) is 0. The first-order chi connectivity index (χ1) is 18.4. The quantitative estimate of drug-likeness (QED) is 0.178. The van der Waals surface area contributed by atoms with Crippen LogP contribution in [-0.2, 0) is 6.18 Å². The number of aromatic nitrogens is 6. The van der Waals surface area contributed by atoms with Crippen molar-refractivity contribution in [1.82, 2.24) is 29.9 Å². The van der Waals surface area contributed by atoms with Crippen LogP contribution in [0.15, 0.2) is 54.9 Å². The zero-order chi connectivity index (χ0) is 26.2. The van der Waals surface area contributed by atoms with Crippen molar-refractivity contribution in [3.8, 4) is 33.6 Å². The molecule has 8 nitrogen and oxygen atoms in total. The van der Waals surface area contributed by atoms with E-state index in [0.717, 1.165) is 28.5 Å². The number of rotatable bonds is 1. The topological polar surface area (TPSA) is 86.1 Å². The summed E-state index contributed by atoms with van der Waals surface area (Å²) >= 11 is 0. The minimum absolute atomic E-state index is 0.118. The SMILES string of the molecule is [C-]#[N+]c1nc2nc3c(nc2nc1[N+]#[C-])-c1c2nccnc2cc2c(-c4ccc(C(F)(F)F)cc4)ccc-3c12. The van der Waals surface area contributed by atoms with E-state index in [1.807, 2.05) is 18.2 Å². The van der Waals surface area contributed by atoms with Gasteiger partial charge in [0.25, 0.3) is 11.6 Å². The molecule has 0 saturated heterocycles. The summed E-state index contributed by atoms with van der Waals surface area (Å²) in [5.74, 6) is -0.318. The van der Waals surface area contributed by atoms with Crippen LogP contribution in [0.3, 0.4) is 0 Å². The largest absolute Gasteiger partial charge is 0.416 e. The molecule has 7 rings (SSSR count). The summed E-state index contributed by atoms with van der Waals surface area (Å²) in [5, 5.41) is 1.52. The van der Waals surface area contributed by atoms with Gasteiger partial charge >= 0.3 is 17.5 Å². The highest BCUT2D eigenvalue weighted by atomic mass is 19.4. The molecule has 1 aliphatic rings. The monoisotopic (exact) mass is 502 g/mol. The molecule has 0 amide bonds. The second kappa shape index (κ2) is 7.48. The Bertz CT molecular complexity index is 2090. The van der Waals surface area contributed by atoms with Gasteiger partial charge in [0.15, 0.2) is 0 Å². The van der Waals surface area contributed by atoms with Crippen LogP contribution in [0.4, 0.5) is 24.8 Å². The molecule has 0 bridgehead atoms. The lowest BCUT2D eigenvalue weighted by atomic mass is 9.93. The van der Waals surface area contributed by atoms with E-state index in [4.69, 9.17) is 18.1 Å². The van der Waals surface area contributed by atoms with Gasteiger partial charge < -0.3 is 9.69 Å². The van der Waals surface area contributed by atoms with Crippen molar-refractivity contribution in [3.05, 3.63) is 83.3 Å². The van der Waals surface area contributed by atoms with Crippen molar-refractivity contribution in [2.75, 3.05) is 0 Å². The molecule has 6 aromatic rings. The van der Waals surface area contributed by atoms with Gasteiger partial charge in [-0.25, -0.2) is 0 Å². The number of fused-ring (bicyclic) bond motifs is 6. The molecule has 178 valence electrons. The van der Waals surface area contributed by atoms with Crippen LogP contribution in [0.1, 0.15) is 5.56 Å². The van der Waals surface area contributed by atoms with E-state index in [1.54, 1.807) is 12.4 Å². The van der Waals surface area contributed by atoms with Gasteiger partial charge in [-0.3, -0.25) is 9.97 Å². The third-order valence-electron chi connectivity index (χ3n) is 6.45. The summed E-state index contributed by atoms with van der Waals surface area (Å²) in [6.45, 7) is 14.6. The van der Waals surface area contributed by atoms with Crippen molar-refractivity contribution in [1.29, 1.82) is 0 Å². The predicted octanol–water partition coefficient (Wildman–Crippen LogP) is 6.95. The summed E-state index contributed by atoms with van der Waals surface area (Å²) in [4.78, 5) is 33.3. The Balaban J connectivity index is 1.56. The average Bonchev–Trinajstić information content (AvgIpc) is 3.25. The van der Waals surface area contributed by atoms with Gasteiger partial charge in [0, 0.05) is 28.9 Å². The van der Waals surface area contributed by atoms with E-state index in [2.05, 4.69) is 34.6 Å². The Hall–Kier alpha value is -5.55. The molecule has 0 unspecified atom stereocenters. The molecule has 3 heterocycles. The van der Waals surface area contributed by atoms with Gasteiger partial charge in [0.05, 0.1) is 16.6 Å². The Labute approximate surface area is 211 Å². The van der Waals surface area contributed by atoms with Crippen molar-refractivity contribution >= 4 is 44.7 Å². The molecule has 0 aliphatic heterocycles. The van der Waals surface area contributed by atoms with Gasteiger partial charge in [-0.05, 0) is 34.7 Å². The molecular weight excluding hydrogens is 493 g/mol. The third-order valence-corrected chi connectivity index (χ3v) is 6.45. The lowest BCUT2D eigenvalue weighted by Gasteiger charge is -2.12. The molecule has 38 heavy (non-hydrogen) atoms. The fraction of sp³-hybridized carbons (Fsp3) is 0.0370. The molecule has 11 heteroatoms. The normalized spacial score (nSPS) is 12.0. The predicted molar refractivity (Wildman–Crippen MR) is 133 cm³/mol. The molecule has 0 radical (unpaired) electrons. The van der Waals surface area contributed by atoms with Gasteiger partial charge in [-0.1, -0.05) is 37.4 Å². The summed E-state index contributed by atoms with van der Waals surface area (Å²) in [6.07, 6.45) is -1.31. The average molecular weight is 502 g/mol.